The summed E-state index contributed by atoms with van der Waals surface area (Å²) in [6, 6.07) is 8.29. The van der Waals surface area contributed by atoms with E-state index in [1.807, 2.05) is 24.3 Å². The second kappa shape index (κ2) is 7.44. The van der Waals surface area contributed by atoms with Gasteiger partial charge in [-0.3, -0.25) is 0 Å². The predicted octanol–water partition coefficient (Wildman–Crippen LogP) is 3.62. The smallest absolute Gasteiger partial charge is 0.321 e. The first-order valence-corrected chi connectivity index (χ1v) is 7.79. The summed E-state index contributed by atoms with van der Waals surface area (Å²) in [5.74, 6) is 0.538. The third-order valence-corrected chi connectivity index (χ3v) is 3.66. The number of nitrogens with zero attached hydrogens (tertiary/aromatic N) is 3. The number of rotatable bonds is 6. The van der Waals surface area contributed by atoms with Crippen LogP contribution in [-0.2, 0) is 0 Å². The van der Waals surface area contributed by atoms with E-state index < -0.39 is 0 Å². The van der Waals surface area contributed by atoms with Gasteiger partial charge in [-0.05, 0) is 36.4 Å². The number of anilines is 1. The molecule has 20 heavy (non-hydrogen) atoms. The van der Waals surface area contributed by atoms with Crippen molar-refractivity contribution >= 4 is 33.6 Å². The van der Waals surface area contributed by atoms with Crippen molar-refractivity contribution in [1.29, 1.82) is 0 Å². The third kappa shape index (κ3) is 4.35. The van der Waals surface area contributed by atoms with Crippen LogP contribution in [0.4, 0.5) is 5.95 Å². The molecule has 1 heterocycles. The molecule has 0 bridgehead atoms. The van der Waals surface area contributed by atoms with E-state index in [0.29, 0.717) is 17.1 Å². The number of benzene rings is 1. The zero-order valence-electron chi connectivity index (χ0n) is 11.3. The van der Waals surface area contributed by atoms with Crippen LogP contribution in [-0.4, -0.2) is 28.6 Å². The van der Waals surface area contributed by atoms with Gasteiger partial charge in [-0.1, -0.05) is 28.9 Å². The minimum absolute atomic E-state index is 0.316. The summed E-state index contributed by atoms with van der Waals surface area (Å²) in [4.78, 5) is 13.8. The van der Waals surface area contributed by atoms with Crippen molar-refractivity contribution in [2.75, 3.05) is 19.0 Å². The lowest BCUT2D eigenvalue weighted by molar-refractivity contribution is 0.373. The van der Waals surface area contributed by atoms with Crippen LogP contribution in [0.25, 0.3) is 0 Å². The van der Waals surface area contributed by atoms with Gasteiger partial charge in [-0.2, -0.15) is 15.0 Å². The number of methoxy groups -OCH3 is 1. The summed E-state index contributed by atoms with van der Waals surface area (Å²) in [7, 11) is 1.55. The Morgan fingerprint density at radius 2 is 2.15 bits per heavy atom. The molecule has 0 aliphatic carbocycles. The van der Waals surface area contributed by atoms with Gasteiger partial charge in [-0.25, -0.2) is 0 Å². The average Bonchev–Trinajstić information content (AvgIpc) is 2.45. The summed E-state index contributed by atoms with van der Waals surface area (Å²) < 4.78 is 6.13. The van der Waals surface area contributed by atoms with Gasteiger partial charge in [0.25, 0.3) is 0 Å². The molecule has 0 amide bonds. The van der Waals surface area contributed by atoms with Gasteiger partial charge in [0, 0.05) is 15.9 Å². The maximum absolute atomic E-state index is 5.11. The Morgan fingerprint density at radius 3 is 2.85 bits per heavy atom. The molecule has 0 atom stereocenters. The van der Waals surface area contributed by atoms with E-state index in [1.165, 1.54) is 11.8 Å². The Morgan fingerprint density at radius 1 is 1.30 bits per heavy atom. The number of hydrogen-bond donors (Lipinski definition) is 1. The standard InChI is InChI=1S/C13H15BrN4OS/c1-3-7-15-11-16-12(19-2)18-13(17-11)20-10-6-4-5-9(14)8-10/h4-6,8H,3,7H2,1-2H3,(H,15,16,17,18). The topological polar surface area (TPSA) is 59.9 Å². The van der Waals surface area contributed by atoms with Crippen molar-refractivity contribution in [1.82, 2.24) is 15.0 Å². The Balaban J connectivity index is 2.21. The van der Waals surface area contributed by atoms with Crippen LogP contribution in [0.3, 0.4) is 0 Å². The first-order valence-electron chi connectivity index (χ1n) is 6.18. The van der Waals surface area contributed by atoms with Gasteiger partial charge in [0.15, 0.2) is 0 Å². The predicted molar refractivity (Wildman–Crippen MR) is 83.4 cm³/mol. The van der Waals surface area contributed by atoms with Crippen LogP contribution in [0.5, 0.6) is 6.01 Å². The number of aromatic nitrogens is 3. The van der Waals surface area contributed by atoms with Crippen molar-refractivity contribution in [3.63, 3.8) is 0 Å². The zero-order valence-corrected chi connectivity index (χ0v) is 13.7. The van der Waals surface area contributed by atoms with Gasteiger partial charge < -0.3 is 10.1 Å². The molecule has 0 saturated carbocycles. The van der Waals surface area contributed by atoms with Crippen LogP contribution in [0.2, 0.25) is 0 Å². The summed E-state index contributed by atoms with van der Waals surface area (Å²) >= 11 is 4.92. The Kier molecular flexibility index (Phi) is 5.60. The molecule has 0 spiro atoms. The minimum atomic E-state index is 0.316. The molecular formula is C13H15BrN4OS. The van der Waals surface area contributed by atoms with E-state index >= 15 is 0 Å². The monoisotopic (exact) mass is 354 g/mol. The van der Waals surface area contributed by atoms with Gasteiger partial charge >= 0.3 is 6.01 Å². The zero-order chi connectivity index (χ0) is 14.4. The maximum Gasteiger partial charge on any atom is 0.321 e. The van der Waals surface area contributed by atoms with Gasteiger partial charge in [-0.15, -0.1) is 0 Å². The van der Waals surface area contributed by atoms with Crippen molar-refractivity contribution in [2.45, 2.75) is 23.4 Å². The average molecular weight is 355 g/mol. The van der Waals surface area contributed by atoms with Crippen LogP contribution in [0.1, 0.15) is 13.3 Å². The molecule has 0 aliphatic heterocycles. The molecule has 1 N–H and O–H groups in total. The quantitative estimate of drug-likeness (QED) is 0.854. The molecule has 106 valence electrons. The van der Waals surface area contributed by atoms with Crippen LogP contribution >= 0.6 is 27.7 Å². The van der Waals surface area contributed by atoms with Crippen molar-refractivity contribution in [2.24, 2.45) is 0 Å². The lowest BCUT2D eigenvalue weighted by Crippen LogP contribution is -2.07. The molecule has 0 saturated heterocycles. The second-order valence-corrected chi connectivity index (χ2v) is 5.87. The van der Waals surface area contributed by atoms with Gasteiger partial charge in [0.2, 0.25) is 11.1 Å². The van der Waals surface area contributed by atoms with Crippen molar-refractivity contribution < 1.29 is 4.74 Å². The number of ether oxygens (including phenoxy) is 1. The Bertz CT molecular complexity index is 582. The fraction of sp³-hybridized carbons (Fsp3) is 0.308. The summed E-state index contributed by atoms with van der Waals surface area (Å²) in [5.41, 5.74) is 0. The first kappa shape index (κ1) is 15.1. The third-order valence-electron chi connectivity index (χ3n) is 2.32. The highest BCUT2D eigenvalue weighted by atomic mass is 79.9. The Labute approximate surface area is 130 Å². The molecule has 0 aliphatic rings. The normalized spacial score (nSPS) is 10.3. The molecule has 5 nitrogen and oxygen atoms in total. The molecule has 7 heteroatoms. The fourth-order valence-corrected chi connectivity index (χ4v) is 2.78. The van der Waals surface area contributed by atoms with E-state index in [0.717, 1.165) is 22.3 Å². The van der Waals surface area contributed by atoms with Crippen LogP contribution in [0, 0.1) is 0 Å². The molecule has 2 aromatic rings. The second-order valence-electron chi connectivity index (χ2n) is 3.91. The highest BCUT2D eigenvalue weighted by molar-refractivity contribution is 9.10. The van der Waals surface area contributed by atoms with Crippen LogP contribution in [0.15, 0.2) is 38.8 Å². The number of halogens is 1. The van der Waals surface area contributed by atoms with E-state index in [9.17, 15) is 0 Å². The van der Waals surface area contributed by atoms with Gasteiger partial charge in [0.1, 0.15) is 0 Å². The lowest BCUT2D eigenvalue weighted by atomic mass is 10.4. The van der Waals surface area contributed by atoms with E-state index in [1.54, 1.807) is 7.11 Å². The highest BCUT2D eigenvalue weighted by Crippen LogP contribution is 2.28. The number of nitrogens with one attached hydrogen (secondary N) is 1. The molecule has 1 aromatic heterocycles. The molecule has 2 rings (SSSR count). The maximum atomic E-state index is 5.11. The van der Waals surface area contributed by atoms with Crippen molar-refractivity contribution in [3.05, 3.63) is 28.7 Å². The SMILES string of the molecule is CCCNc1nc(OC)nc(Sc2cccc(Br)c2)n1. The summed E-state index contributed by atoms with van der Waals surface area (Å²) in [5, 5.41) is 3.75. The molecule has 0 unspecified atom stereocenters. The lowest BCUT2D eigenvalue weighted by Gasteiger charge is -2.07. The minimum Gasteiger partial charge on any atom is -0.467 e. The van der Waals surface area contributed by atoms with Crippen LogP contribution < -0.4 is 10.1 Å². The first-order chi connectivity index (χ1) is 9.71. The summed E-state index contributed by atoms with van der Waals surface area (Å²) in [6.45, 7) is 2.90. The van der Waals surface area contributed by atoms with E-state index in [4.69, 9.17) is 4.74 Å². The molecule has 0 radical (unpaired) electrons. The van der Waals surface area contributed by atoms with E-state index in [2.05, 4.69) is 43.1 Å². The number of hydrogen-bond acceptors (Lipinski definition) is 6. The van der Waals surface area contributed by atoms with Gasteiger partial charge in [0.05, 0.1) is 7.11 Å². The highest BCUT2D eigenvalue weighted by Gasteiger charge is 2.08. The molecule has 0 fully saturated rings. The van der Waals surface area contributed by atoms with Crippen molar-refractivity contribution in [3.8, 4) is 6.01 Å². The largest absolute Gasteiger partial charge is 0.467 e. The summed E-state index contributed by atoms with van der Waals surface area (Å²) in [6.07, 6.45) is 1.00. The van der Waals surface area contributed by atoms with E-state index in [-0.39, 0.29) is 0 Å². The fourth-order valence-electron chi connectivity index (χ4n) is 1.43. The Hall–Kier alpha value is -1.34. The molecular weight excluding hydrogens is 340 g/mol. The molecule has 1 aromatic carbocycles.